The standard InChI is InChI=1S/C21H16ClF3N2O2/c1-29-20(28)13-10-27(11-13)15-4-2-3-12(7-15)17-9-19(21(23,24)25)26-18-8-14(22)5-6-16(17)18/h2-9,13H,10-11H2,1H3. The number of fused-ring (bicyclic) bond motifs is 1. The van der Waals surface area contributed by atoms with E-state index in [1.165, 1.54) is 13.2 Å². The van der Waals surface area contributed by atoms with Crippen LogP contribution in [0.15, 0.2) is 48.5 Å². The minimum Gasteiger partial charge on any atom is -0.469 e. The molecule has 0 aliphatic carbocycles. The molecule has 150 valence electrons. The van der Waals surface area contributed by atoms with Crippen LogP contribution in [-0.2, 0) is 15.7 Å². The molecule has 4 nitrogen and oxygen atoms in total. The Morgan fingerprint density at radius 1 is 1.17 bits per heavy atom. The Kier molecular flexibility index (Phi) is 4.86. The molecule has 4 rings (SSSR count). The quantitative estimate of drug-likeness (QED) is 0.547. The zero-order chi connectivity index (χ0) is 20.8. The monoisotopic (exact) mass is 420 g/mol. The number of methoxy groups -OCH3 is 1. The van der Waals surface area contributed by atoms with E-state index in [9.17, 15) is 18.0 Å². The van der Waals surface area contributed by atoms with Gasteiger partial charge in [0.25, 0.3) is 0 Å². The molecule has 2 heterocycles. The lowest BCUT2D eigenvalue weighted by Gasteiger charge is -2.39. The maximum Gasteiger partial charge on any atom is 0.433 e. The molecule has 1 saturated heterocycles. The van der Waals surface area contributed by atoms with Gasteiger partial charge in [-0.15, -0.1) is 0 Å². The van der Waals surface area contributed by atoms with Gasteiger partial charge >= 0.3 is 12.1 Å². The van der Waals surface area contributed by atoms with E-state index in [0.717, 1.165) is 11.8 Å². The van der Waals surface area contributed by atoms with Crippen molar-refractivity contribution in [3.05, 3.63) is 59.2 Å². The van der Waals surface area contributed by atoms with E-state index in [0.29, 0.717) is 34.6 Å². The van der Waals surface area contributed by atoms with Crippen LogP contribution < -0.4 is 4.90 Å². The Morgan fingerprint density at radius 2 is 1.93 bits per heavy atom. The van der Waals surface area contributed by atoms with Crippen LogP contribution in [0.25, 0.3) is 22.0 Å². The highest BCUT2D eigenvalue weighted by atomic mass is 35.5. The minimum atomic E-state index is -4.58. The molecule has 2 aromatic carbocycles. The molecule has 0 bridgehead atoms. The van der Waals surface area contributed by atoms with Gasteiger partial charge in [0.1, 0.15) is 5.69 Å². The smallest absolute Gasteiger partial charge is 0.433 e. The Bertz CT molecular complexity index is 1090. The van der Waals surface area contributed by atoms with Crippen molar-refractivity contribution in [2.45, 2.75) is 6.18 Å². The fraction of sp³-hybridized carbons (Fsp3) is 0.238. The summed E-state index contributed by atoms with van der Waals surface area (Å²) in [5.74, 6) is -0.450. The molecule has 0 atom stereocenters. The van der Waals surface area contributed by atoms with E-state index in [1.54, 1.807) is 24.3 Å². The summed E-state index contributed by atoms with van der Waals surface area (Å²) >= 11 is 5.96. The molecule has 1 aromatic heterocycles. The first-order valence-electron chi connectivity index (χ1n) is 8.87. The average Bonchev–Trinajstić information content (AvgIpc) is 2.65. The van der Waals surface area contributed by atoms with Gasteiger partial charge in [0, 0.05) is 29.2 Å². The lowest BCUT2D eigenvalue weighted by molar-refractivity contribution is -0.146. The third-order valence-electron chi connectivity index (χ3n) is 5.00. The van der Waals surface area contributed by atoms with Crippen LogP contribution in [0.3, 0.4) is 0 Å². The molecule has 0 unspecified atom stereocenters. The Balaban J connectivity index is 1.76. The van der Waals surface area contributed by atoms with Gasteiger partial charge in [-0.1, -0.05) is 29.8 Å². The number of pyridine rings is 1. The lowest BCUT2D eigenvalue weighted by Crippen LogP contribution is -2.50. The van der Waals surface area contributed by atoms with Gasteiger partial charge in [-0.25, -0.2) is 4.98 Å². The number of alkyl halides is 3. The summed E-state index contributed by atoms with van der Waals surface area (Å²) in [6.07, 6.45) is -4.58. The molecular formula is C21H16ClF3N2O2. The maximum atomic E-state index is 13.4. The van der Waals surface area contributed by atoms with Gasteiger partial charge < -0.3 is 9.64 Å². The normalized spacial score (nSPS) is 14.7. The summed E-state index contributed by atoms with van der Waals surface area (Å²) in [6.45, 7) is 1.02. The van der Waals surface area contributed by atoms with Crippen LogP contribution in [0.2, 0.25) is 5.02 Å². The number of halogens is 4. The molecule has 29 heavy (non-hydrogen) atoms. The van der Waals surface area contributed by atoms with Crippen LogP contribution in [-0.4, -0.2) is 31.2 Å². The zero-order valence-electron chi connectivity index (χ0n) is 15.3. The van der Waals surface area contributed by atoms with Crippen LogP contribution in [0.1, 0.15) is 5.69 Å². The zero-order valence-corrected chi connectivity index (χ0v) is 16.1. The predicted octanol–water partition coefficient (Wildman–Crippen LogP) is 5.18. The van der Waals surface area contributed by atoms with Gasteiger partial charge in [-0.3, -0.25) is 4.79 Å². The third-order valence-corrected chi connectivity index (χ3v) is 5.24. The summed E-state index contributed by atoms with van der Waals surface area (Å²) in [7, 11) is 1.35. The average molecular weight is 421 g/mol. The van der Waals surface area contributed by atoms with E-state index in [4.69, 9.17) is 16.3 Å². The highest BCUT2D eigenvalue weighted by molar-refractivity contribution is 6.31. The number of carbonyl (C=O) groups excluding carboxylic acids is 1. The first kappa shape index (κ1) is 19.5. The number of ether oxygens (including phenoxy) is 1. The van der Waals surface area contributed by atoms with Crippen LogP contribution >= 0.6 is 11.6 Å². The molecule has 1 fully saturated rings. The second-order valence-electron chi connectivity index (χ2n) is 6.89. The molecule has 1 aliphatic rings. The molecule has 3 aromatic rings. The Labute approximate surface area is 169 Å². The van der Waals surface area contributed by atoms with Crippen molar-refractivity contribution in [2.24, 2.45) is 5.92 Å². The number of carbonyl (C=O) groups is 1. The summed E-state index contributed by atoms with van der Waals surface area (Å²) in [4.78, 5) is 17.3. The highest BCUT2D eigenvalue weighted by Crippen LogP contribution is 2.37. The number of nitrogens with zero attached hydrogens (tertiary/aromatic N) is 2. The summed E-state index contributed by atoms with van der Waals surface area (Å²) in [5, 5.41) is 0.897. The molecule has 0 radical (unpaired) electrons. The van der Waals surface area contributed by atoms with Gasteiger partial charge in [-0.2, -0.15) is 13.2 Å². The molecule has 0 amide bonds. The largest absolute Gasteiger partial charge is 0.469 e. The number of esters is 1. The molecule has 8 heteroatoms. The van der Waals surface area contributed by atoms with Crippen LogP contribution in [0.4, 0.5) is 18.9 Å². The second-order valence-corrected chi connectivity index (χ2v) is 7.33. The first-order chi connectivity index (χ1) is 13.8. The molecule has 0 saturated carbocycles. The number of benzene rings is 2. The Morgan fingerprint density at radius 3 is 2.62 bits per heavy atom. The van der Waals surface area contributed by atoms with Gasteiger partial charge in [0.2, 0.25) is 0 Å². The molecule has 1 aliphatic heterocycles. The number of hydrogen-bond acceptors (Lipinski definition) is 4. The van der Waals surface area contributed by atoms with Crippen LogP contribution in [0, 0.1) is 5.92 Å². The number of anilines is 1. The molecular weight excluding hydrogens is 405 g/mol. The van der Waals surface area contributed by atoms with Crippen molar-refractivity contribution in [1.82, 2.24) is 4.98 Å². The number of aromatic nitrogens is 1. The second kappa shape index (κ2) is 7.22. The highest BCUT2D eigenvalue weighted by Gasteiger charge is 2.35. The number of hydrogen-bond donors (Lipinski definition) is 0. The van der Waals surface area contributed by atoms with Gasteiger partial charge in [0.15, 0.2) is 0 Å². The molecule has 0 spiro atoms. The SMILES string of the molecule is COC(=O)C1CN(c2cccc(-c3cc(C(F)(F)F)nc4cc(Cl)ccc34)c2)C1. The summed E-state index contributed by atoms with van der Waals surface area (Å²) < 4.78 is 44.9. The van der Waals surface area contributed by atoms with Gasteiger partial charge in [-0.05, 0) is 41.5 Å². The van der Waals surface area contributed by atoms with Gasteiger partial charge in [0.05, 0.1) is 18.5 Å². The molecule has 0 N–H and O–H groups in total. The van der Waals surface area contributed by atoms with Crippen molar-refractivity contribution in [3.63, 3.8) is 0 Å². The lowest BCUT2D eigenvalue weighted by atomic mass is 9.96. The van der Waals surface area contributed by atoms with Crippen molar-refractivity contribution >= 4 is 34.2 Å². The predicted molar refractivity (Wildman–Crippen MR) is 105 cm³/mol. The van der Waals surface area contributed by atoms with Crippen molar-refractivity contribution in [1.29, 1.82) is 0 Å². The summed E-state index contributed by atoms with van der Waals surface area (Å²) in [6, 6.07) is 13.0. The van der Waals surface area contributed by atoms with Crippen molar-refractivity contribution in [2.75, 3.05) is 25.1 Å². The number of rotatable bonds is 3. The van der Waals surface area contributed by atoms with E-state index < -0.39 is 11.9 Å². The maximum absolute atomic E-state index is 13.4. The first-order valence-corrected chi connectivity index (χ1v) is 9.25. The van der Waals surface area contributed by atoms with Crippen LogP contribution in [0.5, 0.6) is 0 Å². The van der Waals surface area contributed by atoms with E-state index in [-0.39, 0.29) is 17.4 Å². The fourth-order valence-corrected chi connectivity index (χ4v) is 3.63. The topological polar surface area (TPSA) is 42.4 Å². The fourth-order valence-electron chi connectivity index (χ4n) is 3.46. The van der Waals surface area contributed by atoms with E-state index in [2.05, 4.69) is 4.98 Å². The van der Waals surface area contributed by atoms with E-state index >= 15 is 0 Å². The van der Waals surface area contributed by atoms with E-state index in [1.807, 2.05) is 17.0 Å². The Hall–Kier alpha value is -2.80. The van der Waals surface area contributed by atoms with Crippen molar-refractivity contribution < 1.29 is 22.7 Å². The van der Waals surface area contributed by atoms with Crippen molar-refractivity contribution in [3.8, 4) is 11.1 Å². The summed E-state index contributed by atoms with van der Waals surface area (Å²) in [5.41, 5.74) is 1.09. The minimum absolute atomic E-state index is 0.183. The third kappa shape index (κ3) is 3.74.